The predicted molar refractivity (Wildman–Crippen MR) is 70.3 cm³/mol. The summed E-state index contributed by atoms with van der Waals surface area (Å²) in [7, 11) is 0. The molecule has 0 spiro atoms. The maximum absolute atomic E-state index is 11.6. The van der Waals surface area contributed by atoms with Crippen LogP contribution in [-0.2, 0) is 9.53 Å². The Kier molecular flexibility index (Phi) is 5.57. The molecule has 1 atom stereocenters. The van der Waals surface area contributed by atoms with Crippen molar-refractivity contribution >= 4 is 23.3 Å². The van der Waals surface area contributed by atoms with Gasteiger partial charge in [-0.15, -0.1) is 6.58 Å². The number of hydrogen-bond acceptors (Lipinski definition) is 3. The fourth-order valence-electron chi connectivity index (χ4n) is 1.37. The molecule has 0 radical (unpaired) electrons. The van der Waals surface area contributed by atoms with Crippen LogP contribution in [-0.4, -0.2) is 18.6 Å². The number of carbonyl (C=O) groups excluding carboxylic acids is 1. The van der Waals surface area contributed by atoms with Crippen LogP contribution in [0.15, 0.2) is 36.9 Å². The SMILES string of the molecule is C=CCC(Nc1ccc(Cl)cc1)C(=O)OCC. The number of halogens is 1. The molecule has 1 unspecified atom stereocenters. The summed E-state index contributed by atoms with van der Waals surface area (Å²) in [5.74, 6) is -0.276. The van der Waals surface area contributed by atoms with E-state index in [0.29, 0.717) is 18.1 Å². The normalized spacial score (nSPS) is 11.6. The van der Waals surface area contributed by atoms with Gasteiger partial charge in [-0.1, -0.05) is 17.7 Å². The van der Waals surface area contributed by atoms with E-state index in [0.717, 1.165) is 5.69 Å². The van der Waals surface area contributed by atoms with Crippen molar-refractivity contribution in [1.29, 1.82) is 0 Å². The van der Waals surface area contributed by atoms with Gasteiger partial charge < -0.3 is 10.1 Å². The molecule has 0 bridgehead atoms. The first-order valence-electron chi connectivity index (χ1n) is 5.47. The van der Waals surface area contributed by atoms with Gasteiger partial charge in [-0.2, -0.15) is 0 Å². The van der Waals surface area contributed by atoms with E-state index in [-0.39, 0.29) is 5.97 Å². The second-order valence-electron chi connectivity index (χ2n) is 3.48. The van der Waals surface area contributed by atoms with Crippen molar-refractivity contribution in [2.75, 3.05) is 11.9 Å². The average molecular weight is 254 g/mol. The van der Waals surface area contributed by atoms with Gasteiger partial charge in [-0.3, -0.25) is 0 Å². The lowest BCUT2D eigenvalue weighted by molar-refractivity contribution is -0.143. The second kappa shape index (κ2) is 6.97. The molecule has 0 aromatic heterocycles. The Hall–Kier alpha value is -1.48. The van der Waals surface area contributed by atoms with Gasteiger partial charge in [-0.05, 0) is 37.6 Å². The Balaban J connectivity index is 2.68. The highest BCUT2D eigenvalue weighted by Crippen LogP contribution is 2.15. The lowest BCUT2D eigenvalue weighted by atomic mass is 10.2. The highest BCUT2D eigenvalue weighted by atomic mass is 35.5. The molecular formula is C13H16ClNO2. The van der Waals surface area contributed by atoms with Gasteiger partial charge in [0.15, 0.2) is 0 Å². The first-order valence-corrected chi connectivity index (χ1v) is 5.84. The molecule has 1 rings (SSSR count). The monoisotopic (exact) mass is 253 g/mol. The lowest BCUT2D eigenvalue weighted by Gasteiger charge is -2.16. The van der Waals surface area contributed by atoms with E-state index in [1.807, 2.05) is 12.1 Å². The second-order valence-corrected chi connectivity index (χ2v) is 3.92. The molecule has 0 fully saturated rings. The summed E-state index contributed by atoms with van der Waals surface area (Å²) >= 11 is 5.79. The van der Waals surface area contributed by atoms with E-state index in [4.69, 9.17) is 16.3 Å². The molecule has 0 saturated heterocycles. The van der Waals surface area contributed by atoms with Crippen LogP contribution in [0.2, 0.25) is 5.02 Å². The van der Waals surface area contributed by atoms with E-state index >= 15 is 0 Å². The molecule has 1 aromatic carbocycles. The molecule has 0 heterocycles. The highest BCUT2D eigenvalue weighted by molar-refractivity contribution is 6.30. The maximum Gasteiger partial charge on any atom is 0.328 e. The molecule has 0 amide bonds. The molecule has 0 aliphatic carbocycles. The molecule has 17 heavy (non-hydrogen) atoms. The smallest absolute Gasteiger partial charge is 0.328 e. The average Bonchev–Trinajstić information content (AvgIpc) is 2.31. The number of anilines is 1. The van der Waals surface area contributed by atoms with Gasteiger partial charge in [0, 0.05) is 10.7 Å². The Morgan fingerprint density at radius 1 is 1.53 bits per heavy atom. The van der Waals surface area contributed by atoms with Crippen LogP contribution in [0.4, 0.5) is 5.69 Å². The van der Waals surface area contributed by atoms with E-state index in [1.54, 1.807) is 25.1 Å². The zero-order chi connectivity index (χ0) is 12.7. The van der Waals surface area contributed by atoms with Crippen LogP contribution in [0.5, 0.6) is 0 Å². The standard InChI is InChI=1S/C13H16ClNO2/c1-3-5-12(13(16)17-4-2)15-11-8-6-10(14)7-9-11/h3,6-9,12,15H,1,4-5H2,2H3. The van der Waals surface area contributed by atoms with Gasteiger partial charge in [0.2, 0.25) is 0 Å². The number of benzene rings is 1. The van der Waals surface area contributed by atoms with Crippen molar-refractivity contribution < 1.29 is 9.53 Å². The first-order chi connectivity index (χ1) is 8.17. The van der Waals surface area contributed by atoms with Crippen molar-refractivity contribution in [1.82, 2.24) is 0 Å². The Morgan fingerprint density at radius 2 is 2.18 bits per heavy atom. The van der Waals surface area contributed by atoms with Crippen LogP contribution >= 0.6 is 11.6 Å². The van der Waals surface area contributed by atoms with E-state index in [9.17, 15) is 4.79 Å². The van der Waals surface area contributed by atoms with Gasteiger partial charge >= 0.3 is 5.97 Å². The van der Waals surface area contributed by atoms with Crippen molar-refractivity contribution in [3.05, 3.63) is 41.9 Å². The van der Waals surface area contributed by atoms with Gasteiger partial charge in [-0.25, -0.2) is 4.79 Å². The minimum absolute atomic E-state index is 0.276. The van der Waals surface area contributed by atoms with Crippen molar-refractivity contribution in [2.45, 2.75) is 19.4 Å². The molecule has 4 heteroatoms. The third-order valence-electron chi connectivity index (χ3n) is 2.16. The Labute approximate surface area is 106 Å². The summed E-state index contributed by atoms with van der Waals surface area (Å²) in [4.78, 5) is 11.6. The summed E-state index contributed by atoms with van der Waals surface area (Å²) in [6, 6.07) is 6.75. The molecule has 1 aromatic rings. The topological polar surface area (TPSA) is 38.3 Å². The van der Waals surface area contributed by atoms with Crippen LogP contribution < -0.4 is 5.32 Å². The molecule has 1 N–H and O–H groups in total. The molecule has 0 aliphatic rings. The zero-order valence-electron chi connectivity index (χ0n) is 9.78. The number of hydrogen-bond donors (Lipinski definition) is 1. The van der Waals surface area contributed by atoms with Crippen LogP contribution in [0.25, 0.3) is 0 Å². The Bertz CT molecular complexity index is 376. The van der Waals surface area contributed by atoms with Crippen LogP contribution in [0, 0.1) is 0 Å². The fraction of sp³-hybridized carbons (Fsp3) is 0.308. The number of rotatable bonds is 6. The summed E-state index contributed by atoms with van der Waals surface area (Å²) in [6.07, 6.45) is 2.20. The minimum Gasteiger partial charge on any atom is -0.464 e. The number of ether oxygens (including phenoxy) is 1. The Morgan fingerprint density at radius 3 is 2.71 bits per heavy atom. The molecular weight excluding hydrogens is 238 g/mol. The summed E-state index contributed by atoms with van der Waals surface area (Å²) in [6.45, 7) is 5.78. The lowest BCUT2D eigenvalue weighted by Crippen LogP contribution is -2.30. The largest absolute Gasteiger partial charge is 0.464 e. The fourth-order valence-corrected chi connectivity index (χ4v) is 1.50. The van der Waals surface area contributed by atoms with Gasteiger partial charge in [0.05, 0.1) is 6.61 Å². The summed E-state index contributed by atoms with van der Waals surface area (Å²) in [5.41, 5.74) is 0.828. The molecule has 92 valence electrons. The van der Waals surface area contributed by atoms with Crippen LogP contribution in [0.3, 0.4) is 0 Å². The van der Waals surface area contributed by atoms with E-state index < -0.39 is 6.04 Å². The van der Waals surface area contributed by atoms with Gasteiger partial charge in [0.1, 0.15) is 6.04 Å². The molecule has 0 saturated carbocycles. The quantitative estimate of drug-likeness (QED) is 0.625. The van der Waals surface area contributed by atoms with E-state index in [1.165, 1.54) is 0 Å². The predicted octanol–water partition coefficient (Wildman–Crippen LogP) is 3.26. The van der Waals surface area contributed by atoms with Crippen molar-refractivity contribution in [3.63, 3.8) is 0 Å². The molecule has 3 nitrogen and oxygen atoms in total. The number of esters is 1. The van der Waals surface area contributed by atoms with E-state index in [2.05, 4.69) is 11.9 Å². The summed E-state index contributed by atoms with van der Waals surface area (Å²) in [5, 5.41) is 3.75. The maximum atomic E-state index is 11.6. The third-order valence-corrected chi connectivity index (χ3v) is 2.41. The molecule has 0 aliphatic heterocycles. The summed E-state index contributed by atoms with van der Waals surface area (Å²) < 4.78 is 4.98. The minimum atomic E-state index is -0.409. The van der Waals surface area contributed by atoms with Crippen LogP contribution in [0.1, 0.15) is 13.3 Å². The van der Waals surface area contributed by atoms with Gasteiger partial charge in [0.25, 0.3) is 0 Å². The third kappa shape index (κ3) is 4.49. The number of carbonyl (C=O) groups is 1. The zero-order valence-corrected chi connectivity index (χ0v) is 10.5. The van der Waals surface area contributed by atoms with Crippen molar-refractivity contribution in [3.8, 4) is 0 Å². The van der Waals surface area contributed by atoms with Crippen molar-refractivity contribution in [2.24, 2.45) is 0 Å². The highest BCUT2D eigenvalue weighted by Gasteiger charge is 2.17. The number of nitrogens with one attached hydrogen (secondary N) is 1. The first kappa shape index (κ1) is 13.6.